The van der Waals surface area contributed by atoms with Gasteiger partial charge in [0, 0.05) is 7.05 Å². The summed E-state index contributed by atoms with van der Waals surface area (Å²) in [6, 6.07) is 7.85. The minimum atomic E-state index is -0.267. The van der Waals surface area contributed by atoms with Gasteiger partial charge in [-0.15, -0.1) is 20.4 Å². The first-order valence-corrected chi connectivity index (χ1v) is 10.1. The lowest BCUT2D eigenvalue weighted by atomic mass is 10.2. The van der Waals surface area contributed by atoms with Crippen molar-refractivity contribution in [1.82, 2.24) is 25.0 Å². The SMILES string of the molecule is Cc1cccc(OC(C)c2nnc(SCC(=O)Nc3nnc(C)s3)n2C)c1. The Morgan fingerprint density at radius 1 is 1.30 bits per heavy atom. The number of aromatic nitrogens is 5. The zero-order valence-electron chi connectivity index (χ0n) is 15.5. The molecule has 0 spiro atoms. The van der Waals surface area contributed by atoms with E-state index in [4.69, 9.17) is 4.74 Å². The number of benzene rings is 1. The standard InChI is InChI=1S/C17H20N6O2S2/c1-10-6-5-7-13(8-10)25-11(2)15-20-22-17(23(15)4)26-9-14(24)18-16-21-19-12(3)27-16/h5-8,11H,9H2,1-4H3,(H,18,21,24). The molecule has 0 aliphatic rings. The van der Waals surface area contributed by atoms with Crippen LogP contribution in [0.2, 0.25) is 0 Å². The highest BCUT2D eigenvalue weighted by Crippen LogP contribution is 2.24. The second-order valence-corrected chi connectivity index (χ2v) is 8.06. The van der Waals surface area contributed by atoms with Crippen LogP contribution in [0.3, 0.4) is 0 Å². The molecule has 1 aromatic carbocycles. The second kappa shape index (κ2) is 8.49. The number of amides is 1. The number of nitrogens with zero attached hydrogens (tertiary/aromatic N) is 5. The van der Waals surface area contributed by atoms with E-state index in [0.29, 0.717) is 16.1 Å². The monoisotopic (exact) mass is 404 g/mol. The first kappa shape index (κ1) is 19.3. The highest BCUT2D eigenvalue weighted by molar-refractivity contribution is 7.99. The van der Waals surface area contributed by atoms with Crippen molar-refractivity contribution in [2.45, 2.75) is 32.0 Å². The number of anilines is 1. The lowest BCUT2D eigenvalue weighted by Crippen LogP contribution is -2.14. The molecular formula is C17H20N6O2S2. The summed E-state index contributed by atoms with van der Waals surface area (Å²) in [5, 5.41) is 20.8. The smallest absolute Gasteiger partial charge is 0.236 e. The van der Waals surface area contributed by atoms with E-state index >= 15 is 0 Å². The molecule has 0 aliphatic heterocycles. The van der Waals surface area contributed by atoms with Gasteiger partial charge >= 0.3 is 0 Å². The first-order chi connectivity index (χ1) is 12.9. The second-order valence-electron chi connectivity index (χ2n) is 5.94. The average Bonchev–Trinajstić information content (AvgIpc) is 3.18. The van der Waals surface area contributed by atoms with Gasteiger partial charge in [0.05, 0.1) is 5.75 Å². The average molecular weight is 405 g/mol. The number of aryl methyl sites for hydroxylation is 2. The molecule has 0 bridgehead atoms. The first-order valence-electron chi connectivity index (χ1n) is 8.27. The van der Waals surface area contributed by atoms with Crippen LogP contribution in [-0.2, 0) is 11.8 Å². The molecule has 27 heavy (non-hydrogen) atoms. The van der Waals surface area contributed by atoms with Crippen molar-refractivity contribution in [3.8, 4) is 5.75 Å². The quantitative estimate of drug-likeness (QED) is 0.604. The maximum Gasteiger partial charge on any atom is 0.236 e. The summed E-state index contributed by atoms with van der Waals surface area (Å²) in [6.45, 7) is 5.77. The number of thioether (sulfide) groups is 1. The van der Waals surface area contributed by atoms with Crippen LogP contribution in [0.15, 0.2) is 29.4 Å². The molecule has 10 heteroatoms. The Morgan fingerprint density at radius 3 is 2.81 bits per heavy atom. The summed E-state index contributed by atoms with van der Waals surface area (Å²) in [4.78, 5) is 12.0. The summed E-state index contributed by atoms with van der Waals surface area (Å²) in [6.07, 6.45) is -0.267. The number of carbonyl (C=O) groups excluding carboxylic acids is 1. The maximum atomic E-state index is 12.0. The third kappa shape index (κ3) is 5.04. The highest BCUT2D eigenvalue weighted by Gasteiger charge is 2.18. The fourth-order valence-corrected chi connectivity index (χ4v) is 3.71. The molecule has 0 radical (unpaired) electrons. The zero-order valence-corrected chi connectivity index (χ0v) is 17.1. The molecule has 3 rings (SSSR count). The fourth-order valence-electron chi connectivity index (χ4n) is 2.38. The maximum absolute atomic E-state index is 12.0. The third-order valence-corrected chi connectivity index (χ3v) is 5.41. The van der Waals surface area contributed by atoms with Crippen LogP contribution < -0.4 is 10.1 Å². The molecule has 0 fully saturated rings. The van der Waals surface area contributed by atoms with Crippen LogP contribution >= 0.6 is 23.1 Å². The van der Waals surface area contributed by atoms with E-state index < -0.39 is 0 Å². The number of hydrogen-bond donors (Lipinski definition) is 1. The Kier molecular flexibility index (Phi) is 6.07. The molecule has 0 saturated carbocycles. The predicted octanol–water partition coefficient (Wildman–Crippen LogP) is 3.15. The number of carbonyl (C=O) groups is 1. The van der Waals surface area contributed by atoms with Gasteiger partial charge in [-0.1, -0.05) is 35.2 Å². The van der Waals surface area contributed by atoms with Crippen molar-refractivity contribution in [3.05, 3.63) is 40.7 Å². The van der Waals surface area contributed by atoms with Crippen LogP contribution in [0.4, 0.5) is 5.13 Å². The Hall–Kier alpha value is -2.46. The van der Waals surface area contributed by atoms with Crippen LogP contribution in [-0.4, -0.2) is 36.6 Å². The van der Waals surface area contributed by atoms with Crippen LogP contribution in [0.25, 0.3) is 0 Å². The van der Waals surface area contributed by atoms with E-state index in [1.165, 1.54) is 23.1 Å². The molecule has 2 heterocycles. The summed E-state index contributed by atoms with van der Waals surface area (Å²) in [7, 11) is 1.86. The lowest BCUT2D eigenvalue weighted by molar-refractivity contribution is -0.113. The van der Waals surface area contributed by atoms with E-state index in [9.17, 15) is 4.79 Å². The number of hydrogen-bond acceptors (Lipinski definition) is 8. The highest BCUT2D eigenvalue weighted by atomic mass is 32.2. The minimum absolute atomic E-state index is 0.162. The number of nitrogens with one attached hydrogen (secondary N) is 1. The fraction of sp³-hybridized carbons (Fsp3) is 0.353. The van der Waals surface area contributed by atoms with Crippen LogP contribution in [0, 0.1) is 13.8 Å². The Balaban J connectivity index is 1.58. The van der Waals surface area contributed by atoms with Crippen molar-refractivity contribution in [2.24, 2.45) is 7.05 Å². The molecule has 1 unspecified atom stereocenters. The molecule has 1 atom stereocenters. The molecule has 2 aromatic heterocycles. The summed E-state index contributed by atoms with van der Waals surface area (Å²) in [5.41, 5.74) is 1.13. The Morgan fingerprint density at radius 2 is 2.11 bits per heavy atom. The van der Waals surface area contributed by atoms with E-state index in [2.05, 4.69) is 25.7 Å². The number of ether oxygens (including phenoxy) is 1. The van der Waals surface area contributed by atoms with Crippen LogP contribution in [0.1, 0.15) is 29.4 Å². The molecule has 0 aliphatic carbocycles. The van der Waals surface area contributed by atoms with Gasteiger partial charge < -0.3 is 9.30 Å². The topological polar surface area (TPSA) is 94.8 Å². The Bertz CT molecular complexity index is 939. The van der Waals surface area contributed by atoms with Gasteiger partial charge in [-0.05, 0) is 38.5 Å². The molecule has 3 aromatic rings. The van der Waals surface area contributed by atoms with Gasteiger partial charge in [-0.25, -0.2) is 0 Å². The van der Waals surface area contributed by atoms with Gasteiger partial charge in [0.15, 0.2) is 17.1 Å². The summed E-state index contributed by atoms with van der Waals surface area (Å²) >= 11 is 2.64. The van der Waals surface area contributed by atoms with Crippen molar-refractivity contribution in [3.63, 3.8) is 0 Å². The molecular weight excluding hydrogens is 384 g/mol. The van der Waals surface area contributed by atoms with Gasteiger partial charge in [0.1, 0.15) is 10.8 Å². The van der Waals surface area contributed by atoms with Gasteiger partial charge in [0.25, 0.3) is 0 Å². The molecule has 1 N–H and O–H groups in total. The van der Waals surface area contributed by atoms with E-state index in [0.717, 1.165) is 16.3 Å². The third-order valence-electron chi connectivity index (χ3n) is 3.64. The minimum Gasteiger partial charge on any atom is -0.483 e. The van der Waals surface area contributed by atoms with E-state index in [1.807, 2.05) is 56.7 Å². The van der Waals surface area contributed by atoms with Crippen molar-refractivity contribution < 1.29 is 9.53 Å². The molecule has 142 valence electrons. The van der Waals surface area contributed by atoms with E-state index in [1.54, 1.807) is 0 Å². The lowest BCUT2D eigenvalue weighted by Gasteiger charge is -2.14. The van der Waals surface area contributed by atoms with Crippen molar-refractivity contribution in [1.29, 1.82) is 0 Å². The van der Waals surface area contributed by atoms with Gasteiger partial charge in [-0.3, -0.25) is 10.1 Å². The van der Waals surface area contributed by atoms with Crippen molar-refractivity contribution in [2.75, 3.05) is 11.1 Å². The summed E-state index contributed by atoms with van der Waals surface area (Å²) in [5.74, 6) is 1.52. The Labute approximate surface area is 165 Å². The normalized spacial score (nSPS) is 12.0. The molecule has 0 saturated heterocycles. The zero-order chi connectivity index (χ0) is 19.4. The molecule has 1 amide bonds. The van der Waals surface area contributed by atoms with Gasteiger partial charge in [0.2, 0.25) is 11.0 Å². The van der Waals surface area contributed by atoms with Crippen LogP contribution in [0.5, 0.6) is 5.75 Å². The largest absolute Gasteiger partial charge is 0.483 e. The predicted molar refractivity (Wildman–Crippen MR) is 105 cm³/mol. The van der Waals surface area contributed by atoms with E-state index in [-0.39, 0.29) is 17.8 Å². The molecule has 8 nitrogen and oxygen atoms in total. The summed E-state index contributed by atoms with van der Waals surface area (Å²) < 4.78 is 7.80. The van der Waals surface area contributed by atoms with Crippen molar-refractivity contribution >= 4 is 34.1 Å². The number of rotatable bonds is 7. The van der Waals surface area contributed by atoms with Gasteiger partial charge in [-0.2, -0.15) is 0 Å².